The Balaban J connectivity index is 1.59. The first-order chi connectivity index (χ1) is 13.9. The first-order valence-corrected chi connectivity index (χ1v) is 11.3. The number of benzene rings is 1. The van der Waals surface area contributed by atoms with Crippen molar-refractivity contribution in [2.45, 2.75) is 74.9 Å². The second kappa shape index (κ2) is 7.40. The Labute approximate surface area is 177 Å². The van der Waals surface area contributed by atoms with Gasteiger partial charge in [-0.1, -0.05) is 0 Å². The van der Waals surface area contributed by atoms with E-state index in [0.717, 1.165) is 5.69 Å². The van der Waals surface area contributed by atoms with E-state index in [1.54, 1.807) is 39.8 Å². The van der Waals surface area contributed by atoms with Crippen LogP contribution in [-0.2, 0) is 38.0 Å². The lowest BCUT2D eigenvalue weighted by molar-refractivity contribution is -0.230. The fourth-order valence-corrected chi connectivity index (χ4v) is 5.00. The summed E-state index contributed by atoms with van der Waals surface area (Å²) in [5.41, 5.74) is 0.879. The van der Waals surface area contributed by atoms with E-state index in [-0.39, 0.29) is 11.5 Å². The molecule has 3 aliphatic heterocycles. The molecule has 0 saturated carbocycles. The molecule has 9 nitrogen and oxygen atoms in total. The fourth-order valence-electron chi connectivity index (χ4n) is 3.90. The van der Waals surface area contributed by atoms with Crippen molar-refractivity contribution in [2.24, 2.45) is 0 Å². The van der Waals surface area contributed by atoms with E-state index in [9.17, 15) is 8.42 Å². The Hall–Kier alpha value is -1.27. The van der Waals surface area contributed by atoms with Gasteiger partial charge in [-0.2, -0.15) is 8.42 Å². The standard InChI is InChI=1S/C20H29NO8S/c1-19(2)24-11-14(26-19)15-16(17-18(25-15)28-20(3,4)27-17)29-30(22,23)13-9-7-12(8-10-13)21(5)6/h7-10,14-18H,11H2,1-6H3. The molecule has 0 amide bonds. The Morgan fingerprint density at radius 3 is 2.20 bits per heavy atom. The van der Waals surface area contributed by atoms with Gasteiger partial charge in [0.1, 0.15) is 24.4 Å². The first kappa shape index (κ1) is 21.9. The Bertz CT molecular complexity index is 883. The van der Waals surface area contributed by atoms with Gasteiger partial charge in [-0.15, -0.1) is 0 Å². The summed E-state index contributed by atoms with van der Waals surface area (Å²) in [6.45, 7) is 7.31. The van der Waals surface area contributed by atoms with Gasteiger partial charge < -0.3 is 28.6 Å². The van der Waals surface area contributed by atoms with Gasteiger partial charge in [0, 0.05) is 19.8 Å². The van der Waals surface area contributed by atoms with E-state index >= 15 is 0 Å². The van der Waals surface area contributed by atoms with E-state index in [1.807, 2.05) is 19.0 Å². The van der Waals surface area contributed by atoms with E-state index < -0.39 is 52.4 Å². The van der Waals surface area contributed by atoms with Crippen LogP contribution in [0.3, 0.4) is 0 Å². The molecule has 0 N–H and O–H groups in total. The molecule has 5 atom stereocenters. The lowest BCUT2D eigenvalue weighted by Gasteiger charge is -2.28. The number of ether oxygens (including phenoxy) is 5. The van der Waals surface area contributed by atoms with Crippen molar-refractivity contribution < 1.29 is 36.3 Å². The minimum Gasteiger partial charge on any atom is -0.378 e. The predicted octanol–water partition coefficient (Wildman–Crippen LogP) is 1.85. The maximum atomic E-state index is 13.0. The first-order valence-electron chi connectivity index (χ1n) is 9.90. The molecule has 1 aromatic rings. The van der Waals surface area contributed by atoms with Gasteiger partial charge in [0.05, 0.1) is 11.5 Å². The third-order valence-corrected chi connectivity index (χ3v) is 6.63. The van der Waals surface area contributed by atoms with Gasteiger partial charge in [0.15, 0.2) is 17.9 Å². The van der Waals surface area contributed by atoms with Crippen molar-refractivity contribution in [1.29, 1.82) is 0 Å². The normalized spacial score (nSPS) is 34.8. The van der Waals surface area contributed by atoms with E-state index in [2.05, 4.69) is 0 Å². The van der Waals surface area contributed by atoms with Gasteiger partial charge >= 0.3 is 0 Å². The molecule has 0 bridgehead atoms. The van der Waals surface area contributed by atoms with Crippen molar-refractivity contribution in [3.63, 3.8) is 0 Å². The molecule has 3 aliphatic rings. The van der Waals surface area contributed by atoms with Crippen molar-refractivity contribution in [3.8, 4) is 0 Å². The molecule has 0 spiro atoms. The Kier molecular flexibility index (Phi) is 5.42. The SMILES string of the molecule is CN(C)c1ccc(S(=O)(=O)OC2C(C3COC(C)(C)O3)OC3OC(C)(C)OC32)cc1. The summed E-state index contributed by atoms with van der Waals surface area (Å²) < 4.78 is 61.0. The van der Waals surface area contributed by atoms with Crippen LogP contribution >= 0.6 is 0 Å². The van der Waals surface area contributed by atoms with Crippen LogP contribution in [0.5, 0.6) is 0 Å². The molecule has 168 valence electrons. The number of nitrogens with zero attached hydrogens (tertiary/aromatic N) is 1. The molecule has 10 heteroatoms. The number of anilines is 1. The van der Waals surface area contributed by atoms with Crippen molar-refractivity contribution >= 4 is 15.8 Å². The van der Waals surface area contributed by atoms with Crippen LogP contribution in [0.1, 0.15) is 27.7 Å². The van der Waals surface area contributed by atoms with Crippen LogP contribution in [0, 0.1) is 0 Å². The van der Waals surface area contributed by atoms with Gasteiger partial charge in [-0.05, 0) is 52.0 Å². The van der Waals surface area contributed by atoms with Gasteiger partial charge in [-0.25, -0.2) is 0 Å². The average Bonchev–Trinajstić information content (AvgIpc) is 3.25. The minimum absolute atomic E-state index is 0.0531. The Morgan fingerprint density at radius 2 is 1.63 bits per heavy atom. The molecule has 0 aliphatic carbocycles. The van der Waals surface area contributed by atoms with Crippen LogP contribution in [0.4, 0.5) is 5.69 Å². The molecular weight excluding hydrogens is 414 g/mol. The van der Waals surface area contributed by atoms with Crippen LogP contribution in [0.2, 0.25) is 0 Å². The molecule has 1 aromatic carbocycles. The lowest BCUT2D eigenvalue weighted by Crippen LogP contribution is -2.45. The van der Waals surface area contributed by atoms with Crippen LogP contribution in [0.25, 0.3) is 0 Å². The number of rotatable bonds is 5. The van der Waals surface area contributed by atoms with Crippen LogP contribution < -0.4 is 4.90 Å². The highest BCUT2D eigenvalue weighted by Gasteiger charge is 2.60. The predicted molar refractivity (Wildman–Crippen MR) is 106 cm³/mol. The summed E-state index contributed by atoms with van der Waals surface area (Å²) in [5.74, 6) is -1.70. The van der Waals surface area contributed by atoms with Crippen LogP contribution in [0.15, 0.2) is 29.2 Å². The highest BCUT2D eigenvalue weighted by Crippen LogP contribution is 2.42. The number of hydrogen-bond donors (Lipinski definition) is 0. The van der Waals surface area contributed by atoms with Gasteiger partial charge in [0.2, 0.25) is 0 Å². The van der Waals surface area contributed by atoms with Gasteiger partial charge in [-0.3, -0.25) is 4.18 Å². The number of hydrogen-bond acceptors (Lipinski definition) is 9. The highest BCUT2D eigenvalue weighted by atomic mass is 32.2. The van der Waals surface area contributed by atoms with E-state index in [4.69, 9.17) is 27.9 Å². The minimum atomic E-state index is -4.08. The second-order valence-electron chi connectivity index (χ2n) is 8.84. The molecule has 4 rings (SSSR count). The third kappa shape index (κ3) is 4.22. The molecule has 0 aromatic heterocycles. The summed E-state index contributed by atoms with van der Waals surface area (Å²) in [4.78, 5) is 1.94. The average molecular weight is 444 g/mol. The summed E-state index contributed by atoms with van der Waals surface area (Å²) >= 11 is 0. The maximum absolute atomic E-state index is 13.0. The molecular formula is C20H29NO8S. The largest absolute Gasteiger partial charge is 0.378 e. The molecule has 0 radical (unpaired) electrons. The molecule has 30 heavy (non-hydrogen) atoms. The Morgan fingerprint density at radius 1 is 0.967 bits per heavy atom. The molecule has 3 heterocycles. The van der Waals surface area contributed by atoms with Gasteiger partial charge in [0.25, 0.3) is 10.1 Å². The number of fused-ring (bicyclic) bond motifs is 1. The van der Waals surface area contributed by atoms with E-state index in [0.29, 0.717) is 0 Å². The third-order valence-electron chi connectivity index (χ3n) is 5.30. The topological polar surface area (TPSA) is 92.8 Å². The zero-order chi connectivity index (χ0) is 21.9. The summed E-state index contributed by atoms with van der Waals surface area (Å²) in [6, 6.07) is 6.47. The molecule has 3 fully saturated rings. The zero-order valence-electron chi connectivity index (χ0n) is 18.0. The van der Waals surface area contributed by atoms with E-state index in [1.165, 1.54) is 12.1 Å². The fraction of sp³-hybridized carbons (Fsp3) is 0.700. The van der Waals surface area contributed by atoms with Crippen LogP contribution in [-0.4, -0.2) is 71.4 Å². The second-order valence-corrected chi connectivity index (χ2v) is 10.4. The summed E-state index contributed by atoms with van der Waals surface area (Å²) in [7, 11) is -0.324. The maximum Gasteiger partial charge on any atom is 0.297 e. The molecule has 5 unspecified atom stereocenters. The van der Waals surface area contributed by atoms with Crippen molar-refractivity contribution in [3.05, 3.63) is 24.3 Å². The monoisotopic (exact) mass is 443 g/mol. The van der Waals surface area contributed by atoms with Crippen molar-refractivity contribution in [1.82, 2.24) is 0 Å². The van der Waals surface area contributed by atoms with Crippen molar-refractivity contribution in [2.75, 3.05) is 25.6 Å². The molecule has 3 saturated heterocycles. The summed E-state index contributed by atoms with van der Waals surface area (Å²) in [5, 5.41) is 0. The smallest absolute Gasteiger partial charge is 0.297 e. The quantitative estimate of drug-likeness (QED) is 0.632. The lowest BCUT2D eigenvalue weighted by atomic mass is 10.1. The zero-order valence-corrected chi connectivity index (χ0v) is 18.8. The highest BCUT2D eigenvalue weighted by molar-refractivity contribution is 7.86. The summed E-state index contributed by atoms with van der Waals surface area (Å²) in [6.07, 6.45) is -3.66.